The lowest BCUT2D eigenvalue weighted by molar-refractivity contribution is -0.118. The molecule has 1 N–H and O–H groups in total. The maximum absolute atomic E-state index is 13.4. The van der Waals surface area contributed by atoms with E-state index >= 15 is 0 Å². The van der Waals surface area contributed by atoms with Gasteiger partial charge in [0, 0.05) is 17.8 Å². The lowest BCUT2D eigenvalue weighted by Crippen LogP contribution is -2.41. The number of carbonyl (C=O) groups excluding carboxylic acids is 2. The first-order valence-electron chi connectivity index (χ1n) is 8.40. The Balaban J connectivity index is 1.76. The molecule has 2 aromatic rings. The van der Waals surface area contributed by atoms with E-state index < -0.39 is 16.1 Å². The second kappa shape index (κ2) is 7.21. The topological polar surface area (TPSA) is 83.6 Å². The Labute approximate surface area is 157 Å². The van der Waals surface area contributed by atoms with Gasteiger partial charge < -0.3 is 4.90 Å². The van der Waals surface area contributed by atoms with E-state index in [4.69, 9.17) is 0 Å². The van der Waals surface area contributed by atoms with Crippen LogP contribution in [0.1, 0.15) is 29.3 Å². The van der Waals surface area contributed by atoms with Crippen LogP contribution < -0.4 is 9.62 Å². The van der Waals surface area contributed by atoms with E-state index in [1.54, 1.807) is 13.0 Å². The summed E-state index contributed by atoms with van der Waals surface area (Å²) < 4.78 is 40.9. The molecule has 3 rings (SSSR count). The summed E-state index contributed by atoms with van der Waals surface area (Å²) >= 11 is 0. The van der Waals surface area contributed by atoms with Crippen molar-refractivity contribution in [3.05, 3.63) is 59.4 Å². The summed E-state index contributed by atoms with van der Waals surface area (Å²) in [7, 11) is -3.91. The molecule has 0 aromatic heterocycles. The summed E-state index contributed by atoms with van der Waals surface area (Å²) in [6.45, 7) is 3.33. The normalized spacial score (nSPS) is 17.4. The van der Waals surface area contributed by atoms with Crippen LogP contribution >= 0.6 is 0 Å². The summed E-state index contributed by atoms with van der Waals surface area (Å²) in [5.41, 5.74) is 1.35. The molecule has 0 spiro atoms. The molecule has 2 aromatic carbocycles. The number of sulfonamides is 1. The Morgan fingerprint density at radius 2 is 1.85 bits per heavy atom. The summed E-state index contributed by atoms with van der Waals surface area (Å²) in [6.07, 6.45) is 0.306. The van der Waals surface area contributed by atoms with Gasteiger partial charge in [-0.15, -0.1) is 0 Å². The van der Waals surface area contributed by atoms with Crippen molar-refractivity contribution in [2.45, 2.75) is 31.2 Å². The summed E-state index contributed by atoms with van der Waals surface area (Å²) in [4.78, 5) is 25.3. The fourth-order valence-electron chi connectivity index (χ4n) is 2.97. The third-order valence-corrected chi connectivity index (χ3v) is 6.01. The Hall–Kier alpha value is -2.58. The minimum atomic E-state index is -3.91. The van der Waals surface area contributed by atoms with Crippen LogP contribution in [0.4, 0.5) is 10.1 Å². The van der Waals surface area contributed by atoms with Crippen molar-refractivity contribution in [2.75, 3.05) is 11.4 Å². The van der Waals surface area contributed by atoms with Gasteiger partial charge in [0.05, 0.1) is 4.90 Å². The Bertz CT molecular complexity index is 1000. The molecular weight excluding hydrogens is 371 g/mol. The zero-order valence-corrected chi connectivity index (χ0v) is 15.7. The third kappa shape index (κ3) is 3.91. The molecule has 8 heteroatoms. The largest absolute Gasteiger partial charge is 0.311 e. The number of nitrogens with zero attached hydrogens (tertiary/aromatic N) is 1. The molecule has 1 atom stereocenters. The standard InChI is InChI=1S/C19H19FN2O4S/c1-12-11-15(5-8-17(12)20)22-10-9-18(19(22)24)21-27(25,26)16-6-3-14(4-7-16)13(2)23/h3-8,11,18,21H,9-10H2,1-2H3/t18-/m1/s1. The van der Waals surface area contributed by atoms with Crippen LogP contribution in [0.5, 0.6) is 0 Å². The van der Waals surface area contributed by atoms with Crippen molar-refractivity contribution in [2.24, 2.45) is 0 Å². The van der Waals surface area contributed by atoms with Crippen molar-refractivity contribution < 1.29 is 22.4 Å². The van der Waals surface area contributed by atoms with E-state index in [-0.39, 0.29) is 22.4 Å². The maximum Gasteiger partial charge on any atom is 0.245 e. The van der Waals surface area contributed by atoms with Gasteiger partial charge in [0.1, 0.15) is 11.9 Å². The fourth-order valence-corrected chi connectivity index (χ4v) is 4.19. The van der Waals surface area contributed by atoms with Crippen molar-refractivity contribution in [3.63, 3.8) is 0 Å². The van der Waals surface area contributed by atoms with Gasteiger partial charge in [0.25, 0.3) is 0 Å². The number of anilines is 1. The van der Waals surface area contributed by atoms with E-state index in [1.807, 2.05) is 0 Å². The lowest BCUT2D eigenvalue weighted by Gasteiger charge is -2.18. The van der Waals surface area contributed by atoms with E-state index in [9.17, 15) is 22.4 Å². The predicted molar refractivity (Wildman–Crippen MR) is 98.7 cm³/mol. The highest BCUT2D eigenvalue weighted by atomic mass is 32.2. The number of Topliss-reactive ketones (excluding diaryl/α,β-unsaturated/α-hetero) is 1. The van der Waals surface area contributed by atoms with Gasteiger partial charge in [-0.05, 0) is 56.2 Å². The number of nitrogens with one attached hydrogen (secondary N) is 1. The van der Waals surface area contributed by atoms with Crippen LogP contribution in [0.3, 0.4) is 0 Å². The first-order chi connectivity index (χ1) is 12.7. The van der Waals surface area contributed by atoms with Gasteiger partial charge in [-0.3, -0.25) is 9.59 Å². The van der Waals surface area contributed by atoms with Crippen LogP contribution in [-0.2, 0) is 14.8 Å². The Kier molecular flexibility index (Phi) is 5.12. The first-order valence-corrected chi connectivity index (χ1v) is 9.88. The number of aryl methyl sites for hydroxylation is 1. The van der Waals surface area contributed by atoms with Gasteiger partial charge in [-0.1, -0.05) is 12.1 Å². The predicted octanol–water partition coefficient (Wildman–Crippen LogP) is 2.42. The van der Waals surface area contributed by atoms with Crippen LogP contribution in [0.15, 0.2) is 47.4 Å². The molecule has 0 radical (unpaired) electrons. The van der Waals surface area contributed by atoms with E-state index in [0.29, 0.717) is 29.8 Å². The van der Waals surface area contributed by atoms with E-state index in [0.717, 1.165) is 0 Å². The molecule has 142 valence electrons. The van der Waals surface area contributed by atoms with E-state index in [1.165, 1.54) is 48.2 Å². The average Bonchev–Trinajstić information content (AvgIpc) is 2.97. The fraction of sp³-hybridized carbons (Fsp3) is 0.263. The molecule has 1 aliphatic heterocycles. The number of hydrogen-bond donors (Lipinski definition) is 1. The van der Waals surface area contributed by atoms with Crippen molar-refractivity contribution >= 4 is 27.4 Å². The van der Waals surface area contributed by atoms with Crippen LogP contribution in [-0.4, -0.2) is 32.7 Å². The van der Waals surface area contributed by atoms with Crippen LogP contribution in [0, 0.1) is 12.7 Å². The number of rotatable bonds is 5. The van der Waals surface area contributed by atoms with Crippen LogP contribution in [0.25, 0.3) is 0 Å². The van der Waals surface area contributed by atoms with Crippen LogP contribution in [0.2, 0.25) is 0 Å². The molecule has 1 heterocycles. The van der Waals surface area contributed by atoms with Gasteiger partial charge in [-0.2, -0.15) is 4.72 Å². The highest BCUT2D eigenvalue weighted by molar-refractivity contribution is 7.89. The first kappa shape index (κ1) is 19.2. The number of benzene rings is 2. The summed E-state index contributed by atoms with van der Waals surface area (Å²) in [5, 5.41) is 0. The molecule has 0 bridgehead atoms. The molecule has 0 saturated carbocycles. The van der Waals surface area contributed by atoms with Crippen molar-refractivity contribution in [3.8, 4) is 0 Å². The average molecular weight is 390 g/mol. The second-order valence-corrected chi connectivity index (χ2v) is 8.18. The van der Waals surface area contributed by atoms with Gasteiger partial charge >= 0.3 is 0 Å². The lowest BCUT2D eigenvalue weighted by atomic mass is 10.2. The third-order valence-electron chi connectivity index (χ3n) is 4.53. The highest BCUT2D eigenvalue weighted by Crippen LogP contribution is 2.24. The maximum atomic E-state index is 13.4. The molecule has 0 unspecified atom stereocenters. The molecule has 0 aliphatic carbocycles. The highest BCUT2D eigenvalue weighted by Gasteiger charge is 2.35. The Morgan fingerprint density at radius 3 is 2.44 bits per heavy atom. The zero-order valence-electron chi connectivity index (χ0n) is 14.9. The number of halogens is 1. The van der Waals surface area contributed by atoms with Gasteiger partial charge in [0.2, 0.25) is 15.9 Å². The number of carbonyl (C=O) groups is 2. The molecule has 6 nitrogen and oxygen atoms in total. The summed E-state index contributed by atoms with van der Waals surface area (Å²) in [5.74, 6) is -0.912. The molecule has 1 fully saturated rings. The monoisotopic (exact) mass is 390 g/mol. The number of amides is 1. The molecule has 1 aliphatic rings. The van der Waals surface area contributed by atoms with E-state index in [2.05, 4.69) is 4.72 Å². The minimum absolute atomic E-state index is 0.0172. The molecular formula is C19H19FN2O4S. The number of ketones is 1. The quantitative estimate of drug-likeness (QED) is 0.795. The minimum Gasteiger partial charge on any atom is -0.311 e. The van der Waals surface area contributed by atoms with Gasteiger partial charge in [0.15, 0.2) is 5.78 Å². The smallest absolute Gasteiger partial charge is 0.245 e. The number of hydrogen-bond acceptors (Lipinski definition) is 4. The van der Waals surface area contributed by atoms with Gasteiger partial charge in [-0.25, -0.2) is 12.8 Å². The SMILES string of the molecule is CC(=O)c1ccc(S(=O)(=O)N[C@@H]2CCN(c3ccc(F)c(C)c3)C2=O)cc1. The zero-order chi connectivity index (χ0) is 19.8. The second-order valence-electron chi connectivity index (χ2n) is 6.47. The molecule has 27 heavy (non-hydrogen) atoms. The van der Waals surface area contributed by atoms with Crippen molar-refractivity contribution in [1.29, 1.82) is 0 Å². The molecule has 1 saturated heterocycles. The Morgan fingerprint density at radius 1 is 1.19 bits per heavy atom. The molecule has 1 amide bonds. The van der Waals surface area contributed by atoms with Crippen molar-refractivity contribution in [1.82, 2.24) is 4.72 Å². The summed E-state index contributed by atoms with van der Waals surface area (Å²) in [6, 6.07) is 8.97.